The fourth-order valence-corrected chi connectivity index (χ4v) is 2.08. The van der Waals surface area contributed by atoms with Gasteiger partial charge in [-0.2, -0.15) is 0 Å². The number of aryl methyl sites for hydroxylation is 1. The highest BCUT2D eigenvalue weighted by Crippen LogP contribution is 2.30. The Bertz CT molecular complexity index is 301. The molecule has 3 heteroatoms. The Kier molecular flexibility index (Phi) is 3.93. The Morgan fingerprint density at radius 2 is 2.07 bits per heavy atom. The van der Waals surface area contributed by atoms with E-state index in [2.05, 4.69) is 31.2 Å². The molecule has 1 aromatic carbocycles. The van der Waals surface area contributed by atoms with Crippen molar-refractivity contribution in [1.82, 2.24) is 5.01 Å². The zero-order chi connectivity index (χ0) is 9.26. The molecule has 0 aromatic heterocycles. The zero-order valence-electron chi connectivity index (χ0n) is 8.44. The lowest BCUT2D eigenvalue weighted by molar-refractivity contribution is 0.265. The van der Waals surface area contributed by atoms with Crippen molar-refractivity contribution in [1.29, 1.82) is 0 Å². The number of benzene rings is 1. The molecule has 2 nitrogen and oxygen atoms in total. The SMILES string of the molecule is Cc1ccccc1C1CCCN1N.Cl. The Morgan fingerprint density at radius 1 is 1.36 bits per heavy atom. The van der Waals surface area contributed by atoms with Crippen LogP contribution in [0.2, 0.25) is 0 Å². The van der Waals surface area contributed by atoms with Crippen LogP contribution in [0.25, 0.3) is 0 Å². The summed E-state index contributed by atoms with van der Waals surface area (Å²) < 4.78 is 0. The average Bonchev–Trinajstić information content (AvgIpc) is 2.52. The van der Waals surface area contributed by atoms with Crippen LogP contribution in [-0.2, 0) is 0 Å². The third kappa shape index (κ3) is 2.08. The van der Waals surface area contributed by atoms with Crippen LogP contribution in [-0.4, -0.2) is 11.6 Å². The summed E-state index contributed by atoms with van der Waals surface area (Å²) in [5.41, 5.74) is 2.74. The van der Waals surface area contributed by atoms with Crippen LogP contribution in [0.15, 0.2) is 24.3 Å². The second kappa shape index (κ2) is 4.78. The van der Waals surface area contributed by atoms with E-state index < -0.39 is 0 Å². The summed E-state index contributed by atoms with van der Waals surface area (Å²) in [7, 11) is 0. The molecule has 0 aliphatic carbocycles. The van der Waals surface area contributed by atoms with E-state index in [9.17, 15) is 0 Å². The van der Waals surface area contributed by atoms with Crippen LogP contribution in [0.1, 0.15) is 30.0 Å². The zero-order valence-corrected chi connectivity index (χ0v) is 9.26. The number of halogens is 1. The first-order valence-electron chi connectivity index (χ1n) is 4.86. The smallest absolute Gasteiger partial charge is 0.0493 e. The lowest BCUT2D eigenvalue weighted by Gasteiger charge is -2.20. The molecule has 0 radical (unpaired) electrons. The first-order valence-corrected chi connectivity index (χ1v) is 4.86. The molecule has 0 amide bonds. The number of hydrogen-bond acceptors (Lipinski definition) is 2. The number of hydrogen-bond donors (Lipinski definition) is 1. The summed E-state index contributed by atoms with van der Waals surface area (Å²) in [6, 6.07) is 8.96. The third-order valence-corrected chi connectivity index (χ3v) is 2.84. The first-order chi connectivity index (χ1) is 6.29. The van der Waals surface area contributed by atoms with Crippen molar-refractivity contribution in [2.45, 2.75) is 25.8 Å². The largest absolute Gasteiger partial charge is 0.268 e. The molecule has 14 heavy (non-hydrogen) atoms. The molecule has 1 aliphatic rings. The van der Waals surface area contributed by atoms with Crippen molar-refractivity contribution in [3.63, 3.8) is 0 Å². The number of hydrazine groups is 1. The first kappa shape index (κ1) is 11.5. The maximum absolute atomic E-state index is 5.91. The molecule has 78 valence electrons. The maximum Gasteiger partial charge on any atom is 0.0493 e. The summed E-state index contributed by atoms with van der Waals surface area (Å²) in [5, 5.41) is 1.96. The molecular weight excluding hydrogens is 196 g/mol. The van der Waals surface area contributed by atoms with Crippen LogP contribution in [0.3, 0.4) is 0 Å². The average molecular weight is 213 g/mol. The molecule has 2 N–H and O–H groups in total. The van der Waals surface area contributed by atoms with E-state index in [0.717, 1.165) is 6.54 Å². The Labute approximate surface area is 91.5 Å². The van der Waals surface area contributed by atoms with Gasteiger partial charge in [0.05, 0.1) is 0 Å². The van der Waals surface area contributed by atoms with E-state index in [-0.39, 0.29) is 12.4 Å². The molecule has 1 unspecified atom stereocenters. The minimum absolute atomic E-state index is 0. The van der Waals surface area contributed by atoms with Gasteiger partial charge in [0.25, 0.3) is 0 Å². The summed E-state index contributed by atoms with van der Waals surface area (Å²) in [6.07, 6.45) is 2.41. The van der Waals surface area contributed by atoms with E-state index in [4.69, 9.17) is 5.84 Å². The van der Waals surface area contributed by atoms with E-state index in [1.165, 1.54) is 24.0 Å². The minimum Gasteiger partial charge on any atom is -0.268 e. The fourth-order valence-electron chi connectivity index (χ4n) is 2.08. The van der Waals surface area contributed by atoms with Gasteiger partial charge in [-0.3, -0.25) is 5.84 Å². The highest BCUT2D eigenvalue weighted by molar-refractivity contribution is 5.85. The van der Waals surface area contributed by atoms with Crippen LogP contribution in [0, 0.1) is 6.92 Å². The predicted molar refractivity (Wildman–Crippen MR) is 61.3 cm³/mol. The summed E-state index contributed by atoms with van der Waals surface area (Å²) in [5.74, 6) is 5.91. The van der Waals surface area contributed by atoms with Crippen molar-refractivity contribution in [2.24, 2.45) is 5.84 Å². The molecule has 1 saturated heterocycles. The highest BCUT2D eigenvalue weighted by atomic mass is 35.5. The van der Waals surface area contributed by atoms with Gasteiger partial charge in [-0.05, 0) is 30.9 Å². The summed E-state index contributed by atoms with van der Waals surface area (Å²) in [4.78, 5) is 0. The number of rotatable bonds is 1. The predicted octanol–water partition coefficient (Wildman–Crippen LogP) is 2.43. The van der Waals surface area contributed by atoms with Crippen LogP contribution < -0.4 is 5.84 Å². The molecular formula is C11H17ClN2. The Hall–Kier alpha value is -0.570. The normalized spacial score (nSPS) is 22.0. The fraction of sp³-hybridized carbons (Fsp3) is 0.455. The minimum atomic E-state index is 0. The molecule has 0 saturated carbocycles. The molecule has 2 rings (SSSR count). The van der Waals surface area contributed by atoms with Gasteiger partial charge in [0.2, 0.25) is 0 Å². The second-order valence-corrected chi connectivity index (χ2v) is 3.75. The topological polar surface area (TPSA) is 29.3 Å². The Balaban J connectivity index is 0.000000980. The lowest BCUT2D eigenvalue weighted by atomic mass is 10.0. The maximum atomic E-state index is 5.91. The van der Waals surface area contributed by atoms with Gasteiger partial charge in [0, 0.05) is 12.6 Å². The van der Waals surface area contributed by atoms with Gasteiger partial charge >= 0.3 is 0 Å². The number of nitrogens with zero attached hydrogens (tertiary/aromatic N) is 1. The Morgan fingerprint density at radius 3 is 2.64 bits per heavy atom. The number of nitrogens with two attached hydrogens (primary N) is 1. The molecule has 1 atom stereocenters. The molecule has 0 bridgehead atoms. The van der Waals surface area contributed by atoms with Gasteiger partial charge in [-0.25, -0.2) is 5.01 Å². The van der Waals surface area contributed by atoms with E-state index >= 15 is 0 Å². The molecule has 0 spiro atoms. The standard InChI is InChI=1S/C11H16N2.ClH/c1-9-5-2-3-6-10(9)11-7-4-8-13(11)12;/h2-3,5-6,11H,4,7-8,12H2,1H3;1H. The summed E-state index contributed by atoms with van der Waals surface area (Å²) in [6.45, 7) is 3.18. The van der Waals surface area contributed by atoms with Gasteiger partial charge < -0.3 is 0 Å². The van der Waals surface area contributed by atoms with E-state index in [1.807, 2.05) is 5.01 Å². The lowest BCUT2D eigenvalue weighted by Crippen LogP contribution is -2.30. The highest BCUT2D eigenvalue weighted by Gasteiger charge is 2.23. The van der Waals surface area contributed by atoms with Crippen molar-refractivity contribution in [3.05, 3.63) is 35.4 Å². The van der Waals surface area contributed by atoms with Crippen LogP contribution in [0.4, 0.5) is 0 Å². The second-order valence-electron chi connectivity index (χ2n) is 3.75. The molecule has 1 aliphatic heterocycles. The van der Waals surface area contributed by atoms with Gasteiger partial charge in [0.15, 0.2) is 0 Å². The van der Waals surface area contributed by atoms with E-state index in [1.54, 1.807) is 0 Å². The van der Waals surface area contributed by atoms with Crippen LogP contribution in [0.5, 0.6) is 0 Å². The van der Waals surface area contributed by atoms with Gasteiger partial charge in [-0.1, -0.05) is 24.3 Å². The van der Waals surface area contributed by atoms with E-state index in [0.29, 0.717) is 6.04 Å². The molecule has 1 fully saturated rings. The molecule has 1 heterocycles. The quantitative estimate of drug-likeness (QED) is 0.725. The van der Waals surface area contributed by atoms with Gasteiger partial charge in [-0.15, -0.1) is 12.4 Å². The van der Waals surface area contributed by atoms with Crippen molar-refractivity contribution in [3.8, 4) is 0 Å². The van der Waals surface area contributed by atoms with Crippen LogP contribution >= 0.6 is 12.4 Å². The molecule has 1 aromatic rings. The third-order valence-electron chi connectivity index (χ3n) is 2.84. The van der Waals surface area contributed by atoms with Gasteiger partial charge in [0.1, 0.15) is 0 Å². The van der Waals surface area contributed by atoms with Crippen molar-refractivity contribution < 1.29 is 0 Å². The monoisotopic (exact) mass is 212 g/mol. The summed E-state index contributed by atoms with van der Waals surface area (Å²) >= 11 is 0. The van der Waals surface area contributed by atoms with Crippen molar-refractivity contribution in [2.75, 3.05) is 6.54 Å². The van der Waals surface area contributed by atoms with Crippen molar-refractivity contribution >= 4 is 12.4 Å².